The molecular formula is C17H18N2OS. The molecule has 0 aliphatic rings. The number of hydrogen-bond donors (Lipinski definition) is 1. The van der Waals surface area contributed by atoms with Gasteiger partial charge in [-0.1, -0.05) is 37.3 Å². The second-order valence-electron chi connectivity index (χ2n) is 4.85. The molecule has 0 amide bonds. The van der Waals surface area contributed by atoms with Gasteiger partial charge in [-0.15, -0.1) is 11.3 Å². The number of hydrogen-bond acceptors (Lipinski definition) is 4. The fraction of sp³-hybridized carbons (Fsp3) is 0.235. The first-order valence-electron chi connectivity index (χ1n) is 7.17. The SMILES string of the molecule is CCCNCc1nc(-c2ccoc2)sc1-c1ccccc1. The average Bonchev–Trinajstić information content (AvgIpc) is 3.18. The van der Waals surface area contributed by atoms with Gasteiger partial charge < -0.3 is 9.73 Å². The van der Waals surface area contributed by atoms with Gasteiger partial charge in [0.05, 0.1) is 16.8 Å². The van der Waals surface area contributed by atoms with Crippen LogP contribution < -0.4 is 5.32 Å². The van der Waals surface area contributed by atoms with E-state index in [0.29, 0.717) is 0 Å². The Hall–Kier alpha value is -1.91. The van der Waals surface area contributed by atoms with Gasteiger partial charge in [0, 0.05) is 12.1 Å². The number of benzene rings is 1. The van der Waals surface area contributed by atoms with Gasteiger partial charge in [-0.2, -0.15) is 0 Å². The van der Waals surface area contributed by atoms with Crippen LogP contribution in [0.2, 0.25) is 0 Å². The lowest BCUT2D eigenvalue weighted by Gasteiger charge is -2.03. The van der Waals surface area contributed by atoms with Crippen molar-refractivity contribution in [2.75, 3.05) is 6.54 Å². The summed E-state index contributed by atoms with van der Waals surface area (Å²) in [7, 11) is 0. The molecule has 2 aromatic heterocycles. The highest BCUT2D eigenvalue weighted by Crippen LogP contribution is 2.35. The van der Waals surface area contributed by atoms with Crippen molar-refractivity contribution in [1.29, 1.82) is 0 Å². The number of rotatable bonds is 6. The van der Waals surface area contributed by atoms with Crippen molar-refractivity contribution in [2.45, 2.75) is 19.9 Å². The van der Waals surface area contributed by atoms with Crippen molar-refractivity contribution in [1.82, 2.24) is 10.3 Å². The predicted molar refractivity (Wildman–Crippen MR) is 87.2 cm³/mol. The number of thiazole rings is 1. The molecule has 3 rings (SSSR count). The standard InChI is InChI=1S/C17H18N2OS/c1-2-9-18-11-15-16(13-6-4-3-5-7-13)21-17(19-15)14-8-10-20-12-14/h3-8,10,12,18H,2,9,11H2,1H3. The molecule has 0 unspecified atom stereocenters. The summed E-state index contributed by atoms with van der Waals surface area (Å²) in [5.74, 6) is 0. The molecule has 0 fully saturated rings. The minimum absolute atomic E-state index is 0.798. The largest absolute Gasteiger partial charge is 0.472 e. The summed E-state index contributed by atoms with van der Waals surface area (Å²) in [6.45, 7) is 3.97. The summed E-state index contributed by atoms with van der Waals surface area (Å²) >= 11 is 1.72. The molecular weight excluding hydrogens is 280 g/mol. The summed E-state index contributed by atoms with van der Waals surface area (Å²) in [6.07, 6.45) is 4.56. The van der Waals surface area contributed by atoms with Gasteiger partial charge in [-0.05, 0) is 24.6 Å². The van der Waals surface area contributed by atoms with Crippen LogP contribution in [-0.4, -0.2) is 11.5 Å². The average molecular weight is 298 g/mol. The second kappa shape index (κ2) is 6.70. The van der Waals surface area contributed by atoms with Crippen molar-refractivity contribution in [3.63, 3.8) is 0 Å². The zero-order valence-electron chi connectivity index (χ0n) is 12.0. The van der Waals surface area contributed by atoms with Gasteiger partial charge >= 0.3 is 0 Å². The first-order valence-corrected chi connectivity index (χ1v) is 7.98. The normalized spacial score (nSPS) is 10.9. The number of nitrogens with zero attached hydrogens (tertiary/aromatic N) is 1. The van der Waals surface area contributed by atoms with Gasteiger partial charge in [0.2, 0.25) is 0 Å². The van der Waals surface area contributed by atoms with Gasteiger partial charge in [0.15, 0.2) is 0 Å². The van der Waals surface area contributed by atoms with Crippen LogP contribution in [0, 0.1) is 0 Å². The molecule has 0 aliphatic heterocycles. The molecule has 0 saturated carbocycles. The first kappa shape index (κ1) is 14.0. The van der Waals surface area contributed by atoms with Gasteiger partial charge in [-0.3, -0.25) is 0 Å². The number of aromatic nitrogens is 1. The molecule has 0 bridgehead atoms. The highest BCUT2D eigenvalue weighted by atomic mass is 32.1. The lowest BCUT2D eigenvalue weighted by atomic mass is 10.1. The van der Waals surface area contributed by atoms with Crippen LogP contribution in [0.4, 0.5) is 0 Å². The van der Waals surface area contributed by atoms with Crippen LogP contribution in [0.3, 0.4) is 0 Å². The Balaban J connectivity index is 1.96. The molecule has 0 radical (unpaired) electrons. The second-order valence-corrected chi connectivity index (χ2v) is 5.85. The Labute approximate surface area is 128 Å². The minimum atomic E-state index is 0.798. The Bertz CT molecular complexity index is 674. The lowest BCUT2D eigenvalue weighted by Crippen LogP contribution is -2.14. The molecule has 0 atom stereocenters. The van der Waals surface area contributed by atoms with E-state index in [0.717, 1.165) is 35.8 Å². The van der Waals surface area contributed by atoms with Gasteiger partial charge in [0.25, 0.3) is 0 Å². The third-order valence-corrected chi connectivity index (χ3v) is 4.42. The Morgan fingerprint density at radius 3 is 2.71 bits per heavy atom. The summed E-state index contributed by atoms with van der Waals surface area (Å²) < 4.78 is 5.17. The predicted octanol–water partition coefficient (Wildman–Crippen LogP) is 4.57. The fourth-order valence-corrected chi connectivity index (χ4v) is 3.25. The van der Waals surface area contributed by atoms with E-state index in [4.69, 9.17) is 9.40 Å². The maximum Gasteiger partial charge on any atom is 0.127 e. The highest BCUT2D eigenvalue weighted by molar-refractivity contribution is 7.18. The van der Waals surface area contributed by atoms with Crippen LogP contribution in [0.15, 0.2) is 53.3 Å². The van der Waals surface area contributed by atoms with Crippen molar-refractivity contribution in [2.24, 2.45) is 0 Å². The molecule has 108 valence electrons. The van der Waals surface area contributed by atoms with Crippen LogP contribution in [0.25, 0.3) is 21.0 Å². The van der Waals surface area contributed by atoms with E-state index in [9.17, 15) is 0 Å². The maximum atomic E-state index is 5.17. The molecule has 3 nitrogen and oxygen atoms in total. The van der Waals surface area contributed by atoms with E-state index in [-0.39, 0.29) is 0 Å². The minimum Gasteiger partial charge on any atom is -0.472 e. The summed E-state index contributed by atoms with van der Waals surface area (Å²) in [5.41, 5.74) is 3.37. The van der Waals surface area contributed by atoms with E-state index in [2.05, 4.69) is 36.5 Å². The zero-order valence-corrected chi connectivity index (χ0v) is 12.8. The van der Waals surface area contributed by atoms with E-state index in [1.807, 2.05) is 12.1 Å². The van der Waals surface area contributed by atoms with Crippen LogP contribution in [0.5, 0.6) is 0 Å². The smallest absolute Gasteiger partial charge is 0.127 e. The van der Waals surface area contributed by atoms with E-state index >= 15 is 0 Å². The Morgan fingerprint density at radius 1 is 1.14 bits per heavy atom. The maximum absolute atomic E-state index is 5.17. The quantitative estimate of drug-likeness (QED) is 0.677. The van der Waals surface area contributed by atoms with Crippen LogP contribution in [-0.2, 0) is 6.54 Å². The molecule has 1 aromatic carbocycles. The summed E-state index contributed by atoms with van der Waals surface area (Å²) in [6, 6.07) is 12.4. The van der Waals surface area contributed by atoms with Crippen molar-refractivity contribution in [3.05, 3.63) is 54.6 Å². The molecule has 3 aromatic rings. The highest BCUT2D eigenvalue weighted by Gasteiger charge is 2.14. The summed E-state index contributed by atoms with van der Waals surface area (Å²) in [5, 5.41) is 4.45. The van der Waals surface area contributed by atoms with E-state index < -0.39 is 0 Å². The topological polar surface area (TPSA) is 38.1 Å². The Morgan fingerprint density at radius 2 is 2.00 bits per heavy atom. The van der Waals surface area contributed by atoms with Gasteiger partial charge in [0.1, 0.15) is 11.3 Å². The van der Waals surface area contributed by atoms with E-state index in [1.54, 1.807) is 23.9 Å². The molecule has 21 heavy (non-hydrogen) atoms. The monoisotopic (exact) mass is 298 g/mol. The molecule has 0 saturated heterocycles. The van der Waals surface area contributed by atoms with Crippen molar-refractivity contribution in [3.8, 4) is 21.0 Å². The summed E-state index contributed by atoms with van der Waals surface area (Å²) in [4.78, 5) is 6.03. The number of furan rings is 1. The Kier molecular flexibility index (Phi) is 4.48. The first-order chi connectivity index (χ1) is 10.4. The van der Waals surface area contributed by atoms with E-state index in [1.165, 1.54) is 10.4 Å². The molecule has 4 heteroatoms. The lowest BCUT2D eigenvalue weighted by molar-refractivity contribution is 0.568. The zero-order chi connectivity index (χ0) is 14.5. The number of nitrogens with one attached hydrogen (secondary N) is 1. The van der Waals surface area contributed by atoms with Gasteiger partial charge in [-0.25, -0.2) is 4.98 Å². The molecule has 2 heterocycles. The fourth-order valence-electron chi connectivity index (χ4n) is 2.18. The van der Waals surface area contributed by atoms with Crippen molar-refractivity contribution >= 4 is 11.3 Å². The molecule has 1 N–H and O–H groups in total. The third-order valence-electron chi connectivity index (χ3n) is 3.22. The third kappa shape index (κ3) is 3.23. The van der Waals surface area contributed by atoms with Crippen LogP contribution in [0.1, 0.15) is 19.0 Å². The molecule has 0 aliphatic carbocycles. The molecule has 0 spiro atoms. The van der Waals surface area contributed by atoms with Crippen molar-refractivity contribution < 1.29 is 4.42 Å². The van der Waals surface area contributed by atoms with Crippen LogP contribution >= 0.6 is 11.3 Å².